The van der Waals surface area contributed by atoms with Gasteiger partial charge in [0, 0.05) is 12.1 Å². The summed E-state index contributed by atoms with van der Waals surface area (Å²) in [6.07, 6.45) is 0.221. The summed E-state index contributed by atoms with van der Waals surface area (Å²) in [7, 11) is 3.47. The highest BCUT2D eigenvalue weighted by Crippen LogP contribution is 2.48. The smallest absolute Gasteiger partial charge is 0.231 e. The Morgan fingerprint density at radius 3 is 3.06 bits per heavy atom. The molecule has 0 amide bonds. The standard InChI is InChI=1S/C12H15NO4/c1-13-4-3-7-5-8-10(17-6-16-8)11(15-2)9(7)12(13)14/h5,12,14H,3-4,6H2,1-2H3/t12-/m0/s1. The van der Waals surface area contributed by atoms with Crippen LogP contribution in [-0.4, -0.2) is 37.5 Å². The molecule has 0 unspecified atom stereocenters. The van der Waals surface area contributed by atoms with Crippen molar-refractivity contribution in [1.82, 2.24) is 4.90 Å². The molecule has 5 nitrogen and oxygen atoms in total. The van der Waals surface area contributed by atoms with Crippen LogP contribution in [-0.2, 0) is 6.42 Å². The Morgan fingerprint density at radius 1 is 1.47 bits per heavy atom. The van der Waals surface area contributed by atoms with Gasteiger partial charge in [-0.2, -0.15) is 0 Å². The van der Waals surface area contributed by atoms with Gasteiger partial charge in [0.15, 0.2) is 11.5 Å². The van der Waals surface area contributed by atoms with E-state index < -0.39 is 6.23 Å². The molecule has 5 heteroatoms. The first-order valence-corrected chi connectivity index (χ1v) is 5.60. The molecule has 0 aliphatic carbocycles. The zero-order valence-electron chi connectivity index (χ0n) is 9.90. The minimum absolute atomic E-state index is 0.209. The van der Waals surface area contributed by atoms with Gasteiger partial charge in [0.1, 0.15) is 6.23 Å². The lowest BCUT2D eigenvalue weighted by atomic mass is 9.96. The van der Waals surface area contributed by atoms with Crippen LogP contribution in [0, 0.1) is 0 Å². The Balaban J connectivity index is 2.20. The molecule has 2 aliphatic heterocycles. The van der Waals surface area contributed by atoms with Gasteiger partial charge >= 0.3 is 0 Å². The van der Waals surface area contributed by atoms with Gasteiger partial charge in [0.05, 0.1) is 7.11 Å². The maximum Gasteiger partial charge on any atom is 0.231 e. The Hall–Kier alpha value is -1.46. The zero-order chi connectivity index (χ0) is 12.0. The van der Waals surface area contributed by atoms with E-state index in [1.165, 1.54) is 0 Å². The SMILES string of the molecule is COc1c2c(cc3c1[C@H](O)N(C)CC3)OCO2. The largest absolute Gasteiger partial charge is 0.492 e. The first kappa shape index (κ1) is 10.7. The van der Waals surface area contributed by atoms with E-state index in [1.54, 1.807) is 7.11 Å². The highest BCUT2D eigenvalue weighted by Gasteiger charge is 2.32. The lowest BCUT2D eigenvalue weighted by Gasteiger charge is -2.32. The number of methoxy groups -OCH3 is 1. The number of nitrogens with zero attached hydrogens (tertiary/aromatic N) is 1. The van der Waals surface area contributed by atoms with Gasteiger partial charge in [-0.25, -0.2) is 0 Å². The van der Waals surface area contributed by atoms with Gasteiger partial charge < -0.3 is 19.3 Å². The minimum atomic E-state index is -0.650. The summed E-state index contributed by atoms with van der Waals surface area (Å²) in [6, 6.07) is 1.94. The molecule has 1 N–H and O–H groups in total. The van der Waals surface area contributed by atoms with Crippen LogP contribution >= 0.6 is 0 Å². The van der Waals surface area contributed by atoms with Crippen molar-refractivity contribution in [3.05, 3.63) is 17.2 Å². The first-order chi connectivity index (χ1) is 8.22. The number of aliphatic hydroxyl groups excluding tert-OH is 1. The topological polar surface area (TPSA) is 51.2 Å². The minimum Gasteiger partial charge on any atom is -0.492 e. The van der Waals surface area contributed by atoms with E-state index in [9.17, 15) is 5.11 Å². The molecule has 3 rings (SSSR count). The Labute approximate surface area is 99.5 Å². The van der Waals surface area contributed by atoms with Crippen LogP contribution in [0.15, 0.2) is 6.07 Å². The maximum atomic E-state index is 10.2. The van der Waals surface area contributed by atoms with Crippen molar-refractivity contribution >= 4 is 0 Å². The van der Waals surface area contributed by atoms with Crippen LogP contribution in [0.1, 0.15) is 17.4 Å². The summed E-state index contributed by atoms with van der Waals surface area (Å²) in [6.45, 7) is 1.03. The molecular weight excluding hydrogens is 222 g/mol. The third-order valence-corrected chi connectivity index (χ3v) is 3.36. The lowest BCUT2D eigenvalue weighted by Crippen LogP contribution is -2.32. The average molecular weight is 237 g/mol. The number of rotatable bonds is 1. The van der Waals surface area contributed by atoms with Crippen molar-refractivity contribution in [3.8, 4) is 17.2 Å². The second-order valence-corrected chi connectivity index (χ2v) is 4.32. The van der Waals surface area contributed by atoms with Crippen LogP contribution < -0.4 is 14.2 Å². The highest BCUT2D eigenvalue weighted by molar-refractivity contribution is 5.61. The molecule has 92 valence electrons. The summed E-state index contributed by atoms with van der Waals surface area (Å²) >= 11 is 0. The fraction of sp³-hybridized carbons (Fsp3) is 0.500. The van der Waals surface area contributed by atoms with Crippen LogP contribution in [0.4, 0.5) is 0 Å². The number of hydrogen-bond donors (Lipinski definition) is 1. The number of hydrogen-bond acceptors (Lipinski definition) is 5. The predicted octanol–water partition coefficient (Wildman–Crippen LogP) is 0.903. The van der Waals surface area contributed by atoms with Crippen LogP contribution in [0.25, 0.3) is 0 Å². The molecule has 2 aliphatic rings. The maximum absolute atomic E-state index is 10.2. The molecular formula is C12H15NO4. The van der Waals surface area contributed by atoms with Crippen molar-refractivity contribution in [2.75, 3.05) is 27.5 Å². The third kappa shape index (κ3) is 1.46. The van der Waals surface area contributed by atoms with Crippen LogP contribution in [0.2, 0.25) is 0 Å². The molecule has 2 heterocycles. The number of fused-ring (bicyclic) bond motifs is 2. The zero-order valence-corrected chi connectivity index (χ0v) is 9.90. The molecule has 0 saturated heterocycles. The molecule has 0 spiro atoms. The Morgan fingerprint density at radius 2 is 2.29 bits per heavy atom. The second kappa shape index (κ2) is 3.78. The van der Waals surface area contributed by atoms with E-state index in [4.69, 9.17) is 14.2 Å². The normalized spacial score (nSPS) is 22.4. The van der Waals surface area contributed by atoms with Crippen molar-refractivity contribution in [2.45, 2.75) is 12.6 Å². The number of ether oxygens (including phenoxy) is 3. The van der Waals surface area contributed by atoms with Gasteiger partial charge in [-0.15, -0.1) is 0 Å². The van der Waals surface area contributed by atoms with Crippen molar-refractivity contribution in [3.63, 3.8) is 0 Å². The van der Waals surface area contributed by atoms with Crippen LogP contribution in [0.3, 0.4) is 0 Å². The van der Waals surface area contributed by atoms with Crippen molar-refractivity contribution in [2.24, 2.45) is 0 Å². The van der Waals surface area contributed by atoms with E-state index in [2.05, 4.69) is 0 Å². The van der Waals surface area contributed by atoms with E-state index in [0.717, 1.165) is 24.1 Å². The monoisotopic (exact) mass is 237 g/mol. The molecule has 1 aromatic rings. The van der Waals surface area contributed by atoms with Crippen molar-refractivity contribution < 1.29 is 19.3 Å². The van der Waals surface area contributed by atoms with E-state index in [-0.39, 0.29) is 6.79 Å². The Kier molecular flexibility index (Phi) is 2.38. The highest BCUT2D eigenvalue weighted by atomic mass is 16.7. The average Bonchev–Trinajstić information content (AvgIpc) is 2.79. The predicted molar refractivity (Wildman–Crippen MR) is 60.4 cm³/mol. The fourth-order valence-electron chi connectivity index (χ4n) is 2.41. The molecule has 0 saturated carbocycles. The summed E-state index contributed by atoms with van der Waals surface area (Å²) in [5.74, 6) is 1.90. The summed E-state index contributed by atoms with van der Waals surface area (Å²) in [5.41, 5.74) is 1.86. The van der Waals surface area contributed by atoms with E-state index in [1.807, 2.05) is 18.0 Å². The van der Waals surface area contributed by atoms with Gasteiger partial charge in [-0.05, 0) is 25.1 Å². The van der Waals surface area contributed by atoms with Gasteiger partial charge in [-0.1, -0.05) is 0 Å². The van der Waals surface area contributed by atoms with Crippen LogP contribution in [0.5, 0.6) is 17.2 Å². The molecule has 0 aromatic heterocycles. The molecule has 1 atom stereocenters. The number of aliphatic hydroxyl groups is 1. The summed E-state index contributed by atoms with van der Waals surface area (Å²) in [4.78, 5) is 1.88. The summed E-state index contributed by atoms with van der Waals surface area (Å²) < 4.78 is 16.1. The van der Waals surface area contributed by atoms with Gasteiger partial charge in [0.25, 0.3) is 0 Å². The second-order valence-electron chi connectivity index (χ2n) is 4.32. The van der Waals surface area contributed by atoms with Gasteiger partial charge in [0.2, 0.25) is 12.5 Å². The molecule has 17 heavy (non-hydrogen) atoms. The van der Waals surface area contributed by atoms with E-state index in [0.29, 0.717) is 17.2 Å². The molecule has 0 radical (unpaired) electrons. The quantitative estimate of drug-likeness (QED) is 0.786. The van der Waals surface area contributed by atoms with Gasteiger partial charge in [-0.3, -0.25) is 4.90 Å². The third-order valence-electron chi connectivity index (χ3n) is 3.36. The van der Waals surface area contributed by atoms with E-state index >= 15 is 0 Å². The molecule has 1 aromatic carbocycles. The summed E-state index contributed by atoms with van der Waals surface area (Å²) in [5, 5.41) is 10.2. The van der Waals surface area contributed by atoms with Crippen molar-refractivity contribution in [1.29, 1.82) is 0 Å². The Bertz CT molecular complexity index is 460. The molecule has 0 fully saturated rings. The lowest BCUT2D eigenvalue weighted by molar-refractivity contribution is 0.0106. The number of likely N-dealkylation sites (N-methyl/N-ethyl adjacent to an activating group) is 1. The fourth-order valence-corrected chi connectivity index (χ4v) is 2.41. The molecule has 0 bridgehead atoms. The number of benzene rings is 1. The first-order valence-electron chi connectivity index (χ1n) is 5.60.